The molecule has 4 rings (SSSR count). The van der Waals surface area contributed by atoms with Gasteiger partial charge in [0.05, 0.1) is 9.90 Å². The van der Waals surface area contributed by atoms with Gasteiger partial charge in [-0.1, -0.05) is 12.1 Å². The van der Waals surface area contributed by atoms with Gasteiger partial charge in [-0.25, -0.2) is 9.78 Å². The molecule has 0 fully saturated rings. The molecule has 1 aromatic carbocycles. The second-order valence-corrected chi connectivity index (χ2v) is 9.17. The van der Waals surface area contributed by atoms with Gasteiger partial charge in [0, 0.05) is 17.2 Å². The van der Waals surface area contributed by atoms with E-state index in [1.807, 2.05) is 36.8 Å². The van der Waals surface area contributed by atoms with Crippen LogP contribution in [-0.2, 0) is 5.54 Å². The zero-order valence-electron chi connectivity index (χ0n) is 15.0. The van der Waals surface area contributed by atoms with Crippen molar-refractivity contribution in [3.8, 4) is 17.0 Å². The number of phenolic OH excluding ortho intramolecular Hbond substituents is 1. The number of thioether (sulfide) groups is 1. The molecular formula is C20H16N2O3S3. The molecule has 2 N–H and O–H groups in total. The number of aromatic carboxylic acids is 1. The molecule has 3 aromatic rings. The van der Waals surface area contributed by atoms with Crippen molar-refractivity contribution in [2.24, 2.45) is 4.99 Å². The first-order valence-electron chi connectivity index (χ1n) is 8.36. The van der Waals surface area contributed by atoms with Crippen LogP contribution in [0.4, 0.5) is 0 Å². The van der Waals surface area contributed by atoms with Gasteiger partial charge in [-0.2, -0.15) is 0 Å². The second kappa shape index (κ2) is 7.20. The number of hydrogen-bond acceptors (Lipinski definition) is 7. The number of carboxylic acid groups (broad SMARTS) is 1. The minimum Gasteiger partial charge on any atom is -0.508 e. The summed E-state index contributed by atoms with van der Waals surface area (Å²) in [7, 11) is 0. The Labute approximate surface area is 174 Å². The zero-order chi connectivity index (χ0) is 19.9. The first kappa shape index (κ1) is 18.9. The first-order chi connectivity index (χ1) is 13.5. The molecule has 2 aromatic heterocycles. The maximum atomic E-state index is 11.5. The lowest BCUT2D eigenvalue weighted by atomic mass is 9.91. The van der Waals surface area contributed by atoms with Crippen molar-refractivity contribution >= 4 is 46.6 Å². The number of carbonyl (C=O) groups is 1. The van der Waals surface area contributed by atoms with Crippen LogP contribution in [0.1, 0.15) is 25.8 Å². The Morgan fingerprint density at radius 2 is 2.14 bits per heavy atom. The summed E-state index contributed by atoms with van der Waals surface area (Å²) in [6.07, 6.45) is 7.50. The topological polar surface area (TPSA) is 82.8 Å². The summed E-state index contributed by atoms with van der Waals surface area (Å²) in [5.41, 5.74) is 2.41. The molecule has 142 valence electrons. The number of aromatic hydroxyl groups is 1. The molecule has 1 unspecified atom stereocenters. The lowest BCUT2D eigenvalue weighted by molar-refractivity contribution is 0.0701. The fourth-order valence-corrected chi connectivity index (χ4v) is 6.14. The van der Waals surface area contributed by atoms with E-state index < -0.39 is 11.5 Å². The van der Waals surface area contributed by atoms with E-state index in [0.717, 1.165) is 31.6 Å². The van der Waals surface area contributed by atoms with Crippen molar-refractivity contribution in [3.05, 3.63) is 62.8 Å². The highest BCUT2D eigenvalue weighted by molar-refractivity contribution is 8.00. The maximum Gasteiger partial charge on any atom is 0.346 e. The van der Waals surface area contributed by atoms with Gasteiger partial charge < -0.3 is 10.2 Å². The van der Waals surface area contributed by atoms with Gasteiger partial charge in [0.2, 0.25) is 0 Å². The van der Waals surface area contributed by atoms with Crippen LogP contribution in [0.3, 0.4) is 0 Å². The van der Waals surface area contributed by atoms with Gasteiger partial charge in [-0.15, -0.1) is 34.4 Å². The van der Waals surface area contributed by atoms with Gasteiger partial charge >= 0.3 is 5.97 Å². The Kier molecular flexibility index (Phi) is 4.86. The van der Waals surface area contributed by atoms with Crippen molar-refractivity contribution < 1.29 is 15.0 Å². The fourth-order valence-electron chi connectivity index (χ4n) is 3.24. The lowest BCUT2D eigenvalue weighted by Crippen LogP contribution is -2.20. The quantitative estimate of drug-likeness (QED) is 0.547. The van der Waals surface area contributed by atoms with Crippen molar-refractivity contribution in [1.82, 2.24) is 4.98 Å². The van der Waals surface area contributed by atoms with Crippen LogP contribution in [0.2, 0.25) is 0 Å². The Morgan fingerprint density at radius 3 is 2.79 bits per heavy atom. The van der Waals surface area contributed by atoms with Crippen LogP contribution in [-0.4, -0.2) is 33.6 Å². The number of hydrogen-bond donors (Lipinski definition) is 2. The molecule has 1 atom stereocenters. The molecule has 1 aliphatic rings. The number of phenols is 1. The molecule has 0 saturated heterocycles. The highest BCUT2D eigenvalue weighted by Crippen LogP contribution is 2.45. The number of benzene rings is 1. The summed E-state index contributed by atoms with van der Waals surface area (Å²) in [6.45, 7) is 1.83. The average Bonchev–Trinajstić information content (AvgIpc) is 3.39. The summed E-state index contributed by atoms with van der Waals surface area (Å²) >= 11 is 4.28. The number of thiophene rings is 1. The zero-order valence-corrected chi connectivity index (χ0v) is 17.5. The van der Waals surface area contributed by atoms with E-state index in [9.17, 15) is 15.0 Å². The summed E-state index contributed by atoms with van der Waals surface area (Å²) in [5.74, 6) is -0.743. The number of thiazole rings is 1. The molecule has 0 saturated carbocycles. The van der Waals surface area contributed by atoms with Gasteiger partial charge in [0.15, 0.2) is 5.54 Å². The fraction of sp³-hybridized carbons (Fsp3) is 0.150. The number of rotatable bonds is 5. The van der Waals surface area contributed by atoms with Gasteiger partial charge in [0.25, 0.3) is 0 Å². The number of carboxylic acids is 1. The minimum atomic E-state index is -0.918. The molecular weight excluding hydrogens is 412 g/mol. The molecule has 1 aliphatic heterocycles. The number of nitrogens with zero attached hydrogens (tertiary/aromatic N) is 2. The van der Waals surface area contributed by atoms with Crippen molar-refractivity contribution in [2.45, 2.75) is 16.7 Å². The Hall–Kier alpha value is -2.42. The molecule has 0 aliphatic carbocycles. The van der Waals surface area contributed by atoms with Crippen molar-refractivity contribution in [3.63, 3.8) is 0 Å². The van der Waals surface area contributed by atoms with E-state index in [0.29, 0.717) is 4.88 Å². The second-order valence-electron chi connectivity index (χ2n) is 6.22. The van der Waals surface area contributed by atoms with Gasteiger partial charge in [-0.05, 0) is 48.6 Å². The van der Waals surface area contributed by atoms with E-state index in [4.69, 9.17) is 4.98 Å². The van der Waals surface area contributed by atoms with Crippen LogP contribution >= 0.6 is 34.4 Å². The Morgan fingerprint density at radius 1 is 1.32 bits per heavy atom. The largest absolute Gasteiger partial charge is 0.508 e. The van der Waals surface area contributed by atoms with Crippen LogP contribution in [0.15, 0.2) is 51.0 Å². The third-order valence-corrected chi connectivity index (χ3v) is 7.93. The van der Waals surface area contributed by atoms with Gasteiger partial charge in [-0.3, -0.25) is 4.99 Å². The van der Waals surface area contributed by atoms with Crippen molar-refractivity contribution in [2.75, 3.05) is 6.26 Å². The first-order valence-corrected chi connectivity index (χ1v) is 11.3. The highest BCUT2D eigenvalue weighted by Gasteiger charge is 2.36. The van der Waals surface area contributed by atoms with E-state index in [2.05, 4.69) is 4.99 Å². The Bertz CT molecular complexity index is 1120. The number of aromatic nitrogens is 1. The van der Waals surface area contributed by atoms with E-state index in [1.54, 1.807) is 24.4 Å². The summed E-state index contributed by atoms with van der Waals surface area (Å²) in [6, 6.07) is 7.02. The number of aliphatic imine (C=N–C) groups is 1. The maximum absolute atomic E-state index is 11.5. The van der Waals surface area contributed by atoms with E-state index in [1.165, 1.54) is 34.4 Å². The lowest BCUT2D eigenvalue weighted by Gasteiger charge is -2.22. The van der Waals surface area contributed by atoms with Crippen LogP contribution in [0, 0.1) is 6.92 Å². The molecule has 5 nitrogen and oxygen atoms in total. The third-order valence-electron chi connectivity index (χ3n) is 4.57. The van der Waals surface area contributed by atoms with E-state index >= 15 is 0 Å². The predicted octanol–water partition coefficient (Wildman–Crippen LogP) is 5.19. The monoisotopic (exact) mass is 428 g/mol. The molecule has 3 heterocycles. The predicted molar refractivity (Wildman–Crippen MR) is 115 cm³/mol. The normalized spacial score (nSPS) is 18.1. The third kappa shape index (κ3) is 2.97. The van der Waals surface area contributed by atoms with Crippen LogP contribution in [0.5, 0.6) is 5.75 Å². The summed E-state index contributed by atoms with van der Waals surface area (Å²) in [5, 5.41) is 22.1. The SMILES string of the molecule is CSc1sc(C(=O)O)c(C)c1-c1csc(C2(c3cccc(O)c3)C=CC=N2)n1. The minimum absolute atomic E-state index is 0.175. The van der Waals surface area contributed by atoms with Crippen molar-refractivity contribution in [1.29, 1.82) is 0 Å². The summed E-state index contributed by atoms with van der Waals surface area (Å²) < 4.78 is 0.934. The average molecular weight is 429 g/mol. The molecule has 0 bridgehead atoms. The van der Waals surface area contributed by atoms with Gasteiger partial charge in [0.1, 0.15) is 15.6 Å². The smallest absolute Gasteiger partial charge is 0.346 e. The van der Waals surface area contributed by atoms with Crippen LogP contribution in [0.25, 0.3) is 11.3 Å². The Balaban J connectivity index is 1.85. The molecule has 0 amide bonds. The number of allylic oxidation sites excluding steroid dienone is 1. The molecule has 0 spiro atoms. The molecule has 8 heteroatoms. The standard InChI is InChI=1S/C20H16N2O3S3/c1-11-15(18(26-2)28-16(11)17(24)25)14-10-27-19(22-14)20(7-4-8-21-20)12-5-3-6-13(23)9-12/h3-10,23H,1-2H3,(H,24,25). The molecule has 28 heavy (non-hydrogen) atoms. The van der Waals surface area contributed by atoms with Crippen LogP contribution < -0.4 is 0 Å². The van der Waals surface area contributed by atoms with E-state index in [-0.39, 0.29) is 5.75 Å². The molecule has 0 radical (unpaired) electrons. The highest BCUT2D eigenvalue weighted by atomic mass is 32.2. The summed E-state index contributed by atoms with van der Waals surface area (Å²) in [4.78, 5) is 21.4.